The Labute approximate surface area is 158 Å². The quantitative estimate of drug-likeness (QED) is 0.879. The van der Waals surface area contributed by atoms with Gasteiger partial charge in [0.15, 0.2) is 0 Å². The molecule has 1 fully saturated rings. The summed E-state index contributed by atoms with van der Waals surface area (Å²) in [6.07, 6.45) is 4.03. The third-order valence-electron chi connectivity index (χ3n) is 5.28. The second kappa shape index (κ2) is 7.05. The normalized spacial score (nSPS) is 20.8. The Kier molecular flexibility index (Phi) is 4.74. The highest BCUT2D eigenvalue weighted by atomic mass is 32.2. The molecule has 1 atom stereocenters. The summed E-state index contributed by atoms with van der Waals surface area (Å²) >= 11 is 0. The molecule has 2 aromatic carbocycles. The number of carbonyl (C=O) groups excluding carboxylic acids is 1. The third-order valence-corrected chi connectivity index (χ3v) is 7.14. The maximum atomic E-state index is 13.3. The minimum Gasteiger partial charge on any atom is -0.353 e. The van der Waals surface area contributed by atoms with Gasteiger partial charge in [0.25, 0.3) is 0 Å². The molecule has 142 valence electrons. The molecule has 4 rings (SSSR count). The van der Waals surface area contributed by atoms with Crippen LogP contribution in [0.2, 0.25) is 0 Å². The van der Waals surface area contributed by atoms with Crippen molar-refractivity contribution < 1.29 is 17.6 Å². The SMILES string of the molecule is O=C1NCCN(S(=O)(=O)c2ccc3c(c2)CCCC3)C1c1ccc(F)cc1. The molecule has 1 unspecified atom stereocenters. The number of nitrogens with zero attached hydrogens (tertiary/aromatic N) is 1. The van der Waals surface area contributed by atoms with Gasteiger partial charge >= 0.3 is 0 Å². The van der Waals surface area contributed by atoms with Crippen molar-refractivity contribution in [2.24, 2.45) is 0 Å². The van der Waals surface area contributed by atoms with Gasteiger partial charge in [-0.05, 0) is 66.6 Å². The number of piperazine rings is 1. The average molecular weight is 388 g/mol. The number of hydrogen-bond acceptors (Lipinski definition) is 3. The Morgan fingerprint density at radius 3 is 2.44 bits per heavy atom. The fraction of sp³-hybridized carbons (Fsp3) is 0.350. The van der Waals surface area contributed by atoms with Crippen molar-refractivity contribution in [3.63, 3.8) is 0 Å². The Morgan fingerprint density at radius 2 is 1.70 bits per heavy atom. The van der Waals surface area contributed by atoms with Crippen LogP contribution in [0.5, 0.6) is 0 Å². The van der Waals surface area contributed by atoms with Crippen LogP contribution in [0.25, 0.3) is 0 Å². The number of benzene rings is 2. The minimum atomic E-state index is -3.86. The minimum absolute atomic E-state index is 0.174. The Morgan fingerprint density at radius 1 is 1.00 bits per heavy atom. The van der Waals surface area contributed by atoms with Crippen LogP contribution in [0.3, 0.4) is 0 Å². The lowest BCUT2D eigenvalue weighted by Gasteiger charge is -2.34. The molecule has 1 aliphatic heterocycles. The molecule has 27 heavy (non-hydrogen) atoms. The van der Waals surface area contributed by atoms with Gasteiger partial charge in [0.1, 0.15) is 11.9 Å². The standard InChI is InChI=1S/C20H21FN2O3S/c21-17-8-5-15(6-9-17)19-20(24)22-11-12-23(19)27(25,26)18-10-7-14-3-1-2-4-16(14)13-18/h5-10,13,19H,1-4,11-12H2,(H,22,24). The molecule has 0 aromatic heterocycles. The fourth-order valence-corrected chi connectivity index (χ4v) is 5.50. The first-order chi connectivity index (χ1) is 13.0. The molecule has 0 spiro atoms. The van der Waals surface area contributed by atoms with Gasteiger partial charge in [-0.15, -0.1) is 0 Å². The van der Waals surface area contributed by atoms with Crippen molar-refractivity contribution in [3.05, 3.63) is 65.0 Å². The summed E-state index contributed by atoms with van der Waals surface area (Å²) in [5.74, 6) is -0.826. The smallest absolute Gasteiger partial charge is 0.244 e. The average Bonchev–Trinajstić information content (AvgIpc) is 2.68. The fourth-order valence-electron chi connectivity index (χ4n) is 3.87. The molecule has 1 aliphatic carbocycles. The largest absolute Gasteiger partial charge is 0.353 e. The van der Waals surface area contributed by atoms with E-state index in [0.717, 1.165) is 31.2 Å². The number of halogens is 1. The number of sulfonamides is 1. The molecule has 7 heteroatoms. The lowest BCUT2D eigenvalue weighted by Crippen LogP contribution is -2.52. The molecule has 2 aliphatic rings. The zero-order chi connectivity index (χ0) is 19.0. The molecule has 0 radical (unpaired) electrons. The Hall–Kier alpha value is -2.25. The van der Waals surface area contributed by atoms with Crippen LogP contribution in [0.1, 0.15) is 35.6 Å². The first-order valence-electron chi connectivity index (χ1n) is 9.13. The number of carbonyl (C=O) groups is 1. The van der Waals surface area contributed by atoms with Crippen LogP contribution >= 0.6 is 0 Å². The Bertz CT molecular complexity index is 973. The predicted octanol–water partition coefficient (Wildman–Crippen LogP) is 2.57. The molecule has 1 amide bonds. The lowest BCUT2D eigenvalue weighted by molar-refractivity contribution is -0.126. The zero-order valence-electron chi connectivity index (χ0n) is 14.8. The summed E-state index contributed by atoms with van der Waals surface area (Å²) in [6, 6.07) is 9.66. The first kappa shape index (κ1) is 18.1. The van der Waals surface area contributed by atoms with Crippen molar-refractivity contribution in [2.45, 2.75) is 36.6 Å². The van der Waals surface area contributed by atoms with Crippen molar-refractivity contribution in [1.82, 2.24) is 9.62 Å². The highest BCUT2D eigenvalue weighted by molar-refractivity contribution is 7.89. The second-order valence-electron chi connectivity index (χ2n) is 7.00. The van der Waals surface area contributed by atoms with Crippen LogP contribution in [0, 0.1) is 5.82 Å². The summed E-state index contributed by atoms with van der Waals surface area (Å²) in [5.41, 5.74) is 2.73. The number of rotatable bonds is 3. The van der Waals surface area contributed by atoms with E-state index in [9.17, 15) is 17.6 Å². The zero-order valence-corrected chi connectivity index (χ0v) is 15.6. The number of nitrogens with one attached hydrogen (secondary N) is 1. The van der Waals surface area contributed by atoms with Crippen LogP contribution < -0.4 is 5.32 Å². The van der Waals surface area contributed by atoms with E-state index >= 15 is 0 Å². The Balaban J connectivity index is 1.74. The molecule has 1 saturated heterocycles. The summed E-state index contributed by atoms with van der Waals surface area (Å²) in [5, 5.41) is 2.71. The monoisotopic (exact) mass is 388 g/mol. The van der Waals surface area contributed by atoms with Gasteiger partial charge in [0.2, 0.25) is 15.9 Å². The first-order valence-corrected chi connectivity index (χ1v) is 10.6. The van der Waals surface area contributed by atoms with Crippen LogP contribution in [-0.2, 0) is 27.7 Å². The van der Waals surface area contributed by atoms with Crippen LogP contribution in [0.15, 0.2) is 47.4 Å². The topological polar surface area (TPSA) is 66.5 Å². The van der Waals surface area contributed by atoms with Crippen LogP contribution in [0.4, 0.5) is 4.39 Å². The predicted molar refractivity (Wildman–Crippen MR) is 99.1 cm³/mol. The van der Waals surface area contributed by atoms with Gasteiger partial charge in [-0.3, -0.25) is 4.79 Å². The van der Waals surface area contributed by atoms with E-state index in [1.54, 1.807) is 12.1 Å². The number of amides is 1. The van der Waals surface area contributed by atoms with Crippen LogP contribution in [-0.4, -0.2) is 31.7 Å². The van der Waals surface area contributed by atoms with Gasteiger partial charge < -0.3 is 5.32 Å². The van der Waals surface area contributed by atoms with Crippen molar-refractivity contribution in [3.8, 4) is 0 Å². The molecule has 0 saturated carbocycles. The molecule has 5 nitrogen and oxygen atoms in total. The number of hydrogen-bond donors (Lipinski definition) is 1. The maximum Gasteiger partial charge on any atom is 0.244 e. The van der Waals surface area contributed by atoms with Gasteiger partial charge in [0.05, 0.1) is 4.90 Å². The van der Waals surface area contributed by atoms with Gasteiger partial charge in [-0.1, -0.05) is 18.2 Å². The summed E-state index contributed by atoms with van der Waals surface area (Å²) in [4.78, 5) is 12.7. The summed E-state index contributed by atoms with van der Waals surface area (Å²) < 4.78 is 41.2. The van der Waals surface area contributed by atoms with E-state index in [1.165, 1.54) is 34.1 Å². The summed E-state index contributed by atoms with van der Waals surface area (Å²) in [7, 11) is -3.86. The van der Waals surface area contributed by atoms with Crippen molar-refractivity contribution in [2.75, 3.05) is 13.1 Å². The van der Waals surface area contributed by atoms with E-state index in [-0.39, 0.29) is 18.0 Å². The van der Waals surface area contributed by atoms with Gasteiger partial charge in [-0.25, -0.2) is 12.8 Å². The molecule has 1 N–H and O–H groups in total. The van der Waals surface area contributed by atoms with E-state index in [2.05, 4.69) is 5.32 Å². The molecule has 0 bridgehead atoms. The molecule has 1 heterocycles. The highest BCUT2D eigenvalue weighted by Crippen LogP contribution is 2.32. The van der Waals surface area contributed by atoms with E-state index in [4.69, 9.17) is 0 Å². The second-order valence-corrected chi connectivity index (χ2v) is 8.89. The molecule has 2 aromatic rings. The molecular weight excluding hydrogens is 367 g/mol. The highest BCUT2D eigenvalue weighted by Gasteiger charge is 2.39. The van der Waals surface area contributed by atoms with Gasteiger partial charge in [0, 0.05) is 13.1 Å². The van der Waals surface area contributed by atoms with E-state index in [1.807, 2.05) is 6.07 Å². The van der Waals surface area contributed by atoms with Gasteiger partial charge in [-0.2, -0.15) is 4.31 Å². The van der Waals surface area contributed by atoms with E-state index < -0.39 is 27.8 Å². The molecular formula is C20H21FN2O3S. The summed E-state index contributed by atoms with van der Waals surface area (Å²) in [6.45, 7) is 0.425. The van der Waals surface area contributed by atoms with Crippen molar-refractivity contribution >= 4 is 15.9 Å². The lowest BCUT2D eigenvalue weighted by atomic mass is 9.92. The third kappa shape index (κ3) is 3.37. The van der Waals surface area contributed by atoms with Crippen molar-refractivity contribution in [1.29, 1.82) is 0 Å². The van der Waals surface area contributed by atoms with E-state index in [0.29, 0.717) is 5.56 Å². The maximum absolute atomic E-state index is 13.3. The number of fused-ring (bicyclic) bond motifs is 1. The number of aryl methyl sites for hydroxylation is 2.